The molecule has 1 saturated heterocycles. The number of thioether (sulfide) groups is 1. The largest absolute Gasteiger partial charge is 1.00 e. The van der Waals surface area contributed by atoms with Crippen molar-refractivity contribution in [2.24, 2.45) is 0 Å². The van der Waals surface area contributed by atoms with Crippen LogP contribution in [0.2, 0.25) is 0 Å². The molecular weight excluding hydrogens is 403 g/mol. The zero-order valence-electron chi connectivity index (χ0n) is 15.9. The summed E-state index contributed by atoms with van der Waals surface area (Å²) in [4.78, 5) is 40.6. The molecule has 1 fully saturated rings. The quantitative estimate of drug-likeness (QED) is 0.627. The number of carbonyl (C=O) groups excluding carboxylic acids is 3. The van der Waals surface area contributed by atoms with Crippen LogP contribution in [0, 0.1) is 0 Å². The minimum atomic E-state index is -0.440. The van der Waals surface area contributed by atoms with Gasteiger partial charge in [0.05, 0.1) is 17.7 Å². The maximum absolute atomic E-state index is 12.4. The van der Waals surface area contributed by atoms with Gasteiger partial charge in [-0.3, -0.25) is 9.63 Å². The van der Waals surface area contributed by atoms with Crippen molar-refractivity contribution in [3.8, 4) is 5.75 Å². The summed E-state index contributed by atoms with van der Waals surface area (Å²) in [5, 5.41) is 3.86. The summed E-state index contributed by atoms with van der Waals surface area (Å²) in [6.07, 6.45) is 0.453. The van der Waals surface area contributed by atoms with Gasteiger partial charge in [0.25, 0.3) is 5.91 Å². The number of benzene rings is 2. The number of hydroxylamine groups is 2. The summed E-state index contributed by atoms with van der Waals surface area (Å²) in [5.41, 5.74) is 2.46. The molecule has 1 unspecified atom stereocenters. The summed E-state index contributed by atoms with van der Waals surface area (Å²) in [5.74, 6) is 0.113. The first-order valence-corrected chi connectivity index (χ1v) is 9.69. The number of carbonyl (C=O) groups is 3. The van der Waals surface area contributed by atoms with Crippen LogP contribution >= 0.6 is 11.8 Å². The van der Waals surface area contributed by atoms with E-state index in [4.69, 9.17) is 9.57 Å². The Hall–Kier alpha value is -1.84. The average molecular weight is 420 g/mol. The Morgan fingerprint density at radius 3 is 2.59 bits per heavy atom. The predicted octanol–water partition coefficient (Wildman–Crippen LogP) is 0.335. The average Bonchev–Trinajstić information content (AvgIpc) is 3.02. The molecule has 0 N–H and O–H groups in total. The normalized spacial score (nSPS) is 18.1. The van der Waals surface area contributed by atoms with Crippen molar-refractivity contribution in [3.63, 3.8) is 0 Å². The molecule has 1 atom stereocenters. The smallest absolute Gasteiger partial charge is 0.585 e. The van der Waals surface area contributed by atoms with E-state index in [1.807, 2.05) is 30.3 Å². The van der Waals surface area contributed by atoms with Crippen molar-refractivity contribution in [2.75, 3.05) is 13.2 Å². The third kappa shape index (κ3) is 5.21. The summed E-state index contributed by atoms with van der Waals surface area (Å²) in [6.45, 7) is 0.965. The minimum absolute atomic E-state index is 0. The van der Waals surface area contributed by atoms with Gasteiger partial charge in [-0.25, -0.2) is 5.06 Å². The van der Waals surface area contributed by atoms with Gasteiger partial charge in [0.2, 0.25) is 0 Å². The maximum Gasteiger partial charge on any atom is 1.00 e. The molecule has 2 aromatic rings. The van der Waals surface area contributed by atoms with Crippen LogP contribution in [0.1, 0.15) is 21.5 Å². The maximum atomic E-state index is 12.4. The van der Waals surface area contributed by atoms with Gasteiger partial charge in [-0.05, 0) is 35.7 Å². The van der Waals surface area contributed by atoms with Gasteiger partial charge in [-0.1, -0.05) is 42.1 Å². The van der Waals surface area contributed by atoms with Crippen molar-refractivity contribution in [1.29, 1.82) is 0 Å². The van der Waals surface area contributed by atoms with E-state index < -0.39 is 10.5 Å². The number of hydrogen-bond acceptors (Lipinski definition) is 6. The van der Waals surface area contributed by atoms with Gasteiger partial charge in [-0.2, -0.15) is 0 Å². The number of imide groups is 1. The van der Waals surface area contributed by atoms with E-state index in [1.165, 1.54) is 5.06 Å². The molecule has 144 valence electrons. The molecule has 2 heterocycles. The topological polar surface area (TPSA) is 87.0 Å². The summed E-state index contributed by atoms with van der Waals surface area (Å²) in [6, 6.07) is 14.7. The molecule has 7 nitrogen and oxygen atoms in total. The summed E-state index contributed by atoms with van der Waals surface area (Å²) < 4.78 is 5.69. The molecular formula is C20H17N2NaO5S. The molecule has 2 aromatic carbocycles. The van der Waals surface area contributed by atoms with Crippen molar-refractivity contribution < 1.29 is 53.5 Å². The molecule has 0 aromatic heterocycles. The zero-order valence-corrected chi connectivity index (χ0v) is 18.7. The van der Waals surface area contributed by atoms with Crippen LogP contribution in [0.4, 0.5) is 4.79 Å². The van der Waals surface area contributed by atoms with Gasteiger partial charge in [-0.15, -0.1) is 0 Å². The van der Waals surface area contributed by atoms with E-state index in [9.17, 15) is 14.4 Å². The van der Waals surface area contributed by atoms with Crippen molar-refractivity contribution >= 4 is 28.8 Å². The Labute approximate surface area is 194 Å². The molecule has 2 aliphatic rings. The van der Waals surface area contributed by atoms with Crippen molar-refractivity contribution in [1.82, 2.24) is 5.06 Å². The number of rotatable bonds is 6. The third-order valence-corrected chi connectivity index (χ3v) is 5.42. The molecule has 3 amide bonds. The minimum Gasteiger partial charge on any atom is -0.585 e. The molecule has 0 spiro atoms. The Kier molecular flexibility index (Phi) is 7.37. The van der Waals surface area contributed by atoms with Crippen LogP contribution in [0.25, 0.3) is 5.32 Å². The predicted molar refractivity (Wildman–Crippen MR) is 103 cm³/mol. The van der Waals surface area contributed by atoms with E-state index in [-0.39, 0.29) is 48.0 Å². The summed E-state index contributed by atoms with van der Waals surface area (Å²) >= 11 is 0.960. The van der Waals surface area contributed by atoms with Crippen molar-refractivity contribution in [3.05, 3.63) is 70.5 Å². The van der Waals surface area contributed by atoms with Crippen LogP contribution in [0.15, 0.2) is 48.5 Å². The molecule has 4 rings (SSSR count). The fourth-order valence-electron chi connectivity index (χ4n) is 3.03. The van der Waals surface area contributed by atoms with Crippen LogP contribution < -0.4 is 34.3 Å². The van der Waals surface area contributed by atoms with Crippen LogP contribution in [-0.4, -0.2) is 40.5 Å². The molecule has 29 heavy (non-hydrogen) atoms. The van der Waals surface area contributed by atoms with E-state index in [1.54, 1.807) is 18.2 Å². The molecule has 9 heteroatoms. The molecule has 0 bridgehead atoms. The van der Waals surface area contributed by atoms with Crippen LogP contribution in [-0.2, 0) is 22.7 Å². The first kappa shape index (κ1) is 21.9. The van der Waals surface area contributed by atoms with E-state index in [0.717, 1.165) is 22.9 Å². The second-order valence-corrected chi connectivity index (χ2v) is 7.51. The molecule has 2 aliphatic heterocycles. The van der Waals surface area contributed by atoms with Crippen LogP contribution in [0.3, 0.4) is 0 Å². The fourth-order valence-corrected chi connectivity index (χ4v) is 3.85. The Bertz CT molecular complexity index is 921. The second kappa shape index (κ2) is 9.77. The van der Waals surface area contributed by atoms with Crippen LogP contribution in [0.5, 0.6) is 5.75 Å². The number of hydrogen-bond donors (Lipinski definition) is 0. The van der Waals surface area contributed by atoms with Gasteiger partial charge >= 0.3 is 29.6 Å². The first-order chi connectivity index (χ1) is 13.6. The molecule has 0 saturated carbocycles. The van der Waals surface area contributed by atoms with E-state index >= 15 is 0 Å². The fraction of sp³-hybridized carbons (Fsp3) is 0.250. The van der Waals surface area contributed by atoms with Gasteiger partial charge in [0.1, 0.15) is 24.2 Å². The van der Waals surface area contributed by atoms with Crippen molar-refractivity contribution in [2.45, 2.75) is 18.3 Å². The number of nitrogens with zero attached hydrogens (tertiary/aromatic N) is 2. The summed E-state index contributed by atoms with van der Waals surface area (Å²) in [7, 11) is 0. The standard InChI is InChI=1S/C20H18N2O5S.Na/c23-18-17(28-20(25)21-18)11-13-5-7-15(8-6-13)26-10-9-22-19(24)16-4-2-1-3-14(16)12-27-22;/h1-8,17H,9-12H2,(H,21,23,25);/q;+1/p-1. The number of amides is 3. The number of ether oxygens (including phenoxy) is 1. The van der Waals surface area contributed by atoms with E-state index in [2.05, 4.69) is 5.32 Å². The second-order valence-electron chi connectivity index (χ2n) is 6.36. The SMILES string of the molecule is O=C1[N-]C(=O)C(Cc2ccc(OCCN3OCc4ccccc4C3=O)cc2)S1.[Na+]. The zero-order chi connectivity index (χ0) is 19.5. The van der Waals surface area contributed by atoms with E-state index in [0.29, 0.717) is 30.9 Å². The Morgan fingerprint density at radius 2 is 1.86 bits per heavy atom. The first-order valence-electron chi connectivity index (χ1n) is 8.81. The third-order valence-electron chi connectivity index (χ3n) is 4.48. The van der Waals surface area contributed by atoms with Gasteiger partial charge in [0, 0.05) is 5.56 Å². The Morgan fingerprint density at radius 1 is 1.10 bits per heavy atom. The van der Waals surface area contributed by atoms with Gasteiger partial charge < -0.3 is 19.6 Å². The number of fused-ring (bicyclic) bond motifs is 1. The van der Waals surface area contributed by atoms with Gasteiger partial charge in [0.15, 0.2) is 0 Å². The Balaban J connectivity index is 0.00000240. The molecule has 0 radical (unpaired) electrons. The molecule has 0 aliphatic carbocycles. The monoisotopic (exact) mass is 420 g/mol.